The second-order valence-electron chi connectivity index (χ2n) is 1.29. The molecule has 0 rings (SSSR count). The predicted molar refractivity (Wildman–Crippen MR) is 40.4 cm³/mol. The molecule has 0 bridgehead atoms. The van der Waals surface area contributed by atoms with Gasteiger partial charge in [-0.3, -0.25) is 0 Å². The maximum Gasteiger partial charge on any atom is 3.00 e. The minimum absolute atomic E-state index is 0. The average molecular weight is 624 g/mol. The van der Waals surface area contributed by atoms with Gasteiger partial charge in [0.15, 0.2) is 0 Å². The summed E-state index contributed by atoms with van der Waals surface area (Å²) in [6.45, 7) is -14.0. The van der Waals surface area contributed by atoms with E-state index in [1.54, 1.807) is 0 Å². The van der Waals surface area contributed by atoms with Crippen LogP contribution in [-0.2, 0) is 13.7 Å². The maximum atomic E-state index is 8.87. The zero-order valence-corrected chi connectivity index (χ0v) is 18.4. The standard InChI is InChI=1S/2Ce.3ClH2O3P/c;;3*1-5(2,3)4/h;;3*(H2,2,3,4)/q2*+3;;;/p-6. The quantitative estimate of drug-likeness (QED) is 0.256. The zero-order chi connectivity index (χ0) is 13.5. The van der Waals surface area contributed by atoms with E-state index in [2.05, 4.69) is 33.7 Å². The fourth-order valence-electron chi connectivity index (χ4n) is 0. The zero-order valence-electron chi connectivity index (χ0n) is 7.15. The topological polar surface area (TPSA) is 190 Å². The van der Waals surface area contributed by atoms with Gasteiger partial charge in [0.2, 0.25) is 0 Å². The van der Waals surface area contributed by atoms with E-state index in [9.17, 15) is 0 Å². The van der Waals surface area contributed by atoms with Crippen LogP contribution in [0.25, 0.3) is 0 Å². The minimum Gasteiger partial charge on any atom is -0.799 e. The van der Waals surface area contributed by atoms with E-state index in [1.165, 1.54) is 0 Å². The van der Waals surface area contributed by atoms with Crippen LogP contribution in [0.1, 0.15) is 0 Å². The van der Waals surface area contributed by atoms with Crippen LogP contribution in [0.5, 0.6) is 0 Å². The molecular formula is Ce2Cl3O9P3. The third-order valence-corrected chi connectivity index (χ3v) is 0. The Morgan fingerprint density at radius 2 is 0.529 bits per heavy atom. The van der Waals surface area contributed by atoms with Gasteiger partial charge in [-0.2, -0.15) is 0 Å². The molecule has 9 nitrogen and oxygen atoms in total. The molecule has 0 aromatic heterocycles. The van der Waals surface area contributed by atoms with Crippen LogP contribution in [-0.4, -0.2) is 0 Å². The molecule has 0 aliphatic rings. The summed E-state index contributed by atoms with van der Waals surface area (Å²) in [5.41, 5.74) is 0. The van der Waals surface area contributed by atoms with E-state index in [1.807, 2.05) is 0 Å². The van der Waals surface area contributed by atoms with Gasteiger partial charge in [0.05, 0.1) is 0 Å². The first-order valence-electron chi connectivity index (χ1n) is 2.15. The van der Waals surface area contributed by atoms with Gasteiger partial charge < -0.3 is 43.1 Å². The average Bonchev–Trinajstić information content (AvgIpc) is 1.41. The minimum atomic E-state index is -4.67. The van der Waals surface area contributed by atoms with Crippen molar-refractivity contribution in [2.75, 3.05) is 0 Å². The fraction of sp³-hybridized carbons (Fsp3) is 0. The second-order valence-corrected chi connectivity index (χ2v) is 7.60. The summed E-state index contributed by atoms with van der Waals surface area (Å²) in [5.74, 6) is 0. The SMILES string of the molecule is O=P([O-])([O-])Cl.O=P([O-])([O-])Cl.O=P([O-])([O-])Cl.[Ce+3].[Ce+3]. The van der Waals surface area contributed by atoms with Crippen molar-refractivity contribution in [2.45, 2.75) is 0 Å². The van der Waals surface area contributed by atoms with Crippen LogP contribution in [0.3, 0.4) is 0 Å². The number of hydrogen-bond donors (Lipinski definition) is 0. The first kappa shape index (κ1) is 32.9. The van der Waals surface area contributed by atoms with Crippen LogP contribution in [0.4, 0.5) is 0 Å². The van der Waals surface area contributed by atoms with E-state index in [0.717, 1.165) is 0 Å². The van der Waals surface area contributed by atoms with Gasteiger partial charge in [0, 0.05) is 20.8 Å². The van der Waals surface area contributed by atoms with E-state index in [4.69, 9.17) is 43.1 Å². The summed E-state index contributed by atoms with van der Waals surface area (Å²) in [6, 6.07) is 0. The van der Waals surface area contributed by atoms with Crippen LogP contribution in [0.2, 0.25) is 0 Å². The number of rotatable bonds is 0. The molecule has 0 aromatic rings. The van der Waals surface area contributed by atoms with Crippen molar-refractivity contribution in [1.82, 2.24) is 0 Å². The van der Waals surface area contributed by atoms with Crippen LogP contribution < -0.4 is 29.4 Å². The van der Waals surface area contributed by atoms with Gasteiger partial charge >= 0.3 is 83.5 Å². The third kappa shape index (κ3) is 395. The molecule has 0 aliphatic carbocycles. The van der Waals surface area contributed by atoms with E-state index in [-0.39, 0.29) is 83.5 Å². The molecule has 0 saturated carbocycles. The molecule has 0 amide bonds. The molecule has 2 radical (unpaired) electrons. The number of halogens is 3. The van der Waals surface area contributed by atoms with Gasteiger partial charge in [-0.1, -0.05) is 33.7 Å². The van der Waals surface area contributed by atoms with Crippen molar-refractivity contribution in [3.63, 3.8) is 0 Å². The van der Waals surface area contributed by atoms with Crippen LogP contribution in [0, 0.1) is 83.5 Å². The monoisotopic (exact) mass is 622 g/mol. The molecule has 0 N–H and O–H groups in total. The molecule has 0 unspecified atom stereocenters. The number of hydrogen-bond acceptors (Lipinski definition) is 9. The summed E-state index contributed by atoms with van der Waals surface area (Å²) in [7, 11) is 0. The summed E-state index contributed by atoms with van der Waals surface area (Å²) in [4.78, 5) is 53.2. The fourth-order valence-corrected chi connectivity index (χ4v) is 0. The molecule has 0 fully saturated rings. The summed E-state index contributed by atoms with van der Waals surface area (Å²) in [5, 5.41) is 0. The molecule has 98 valence electrons. The Kier molecular flexibility index (Phi) is 29.0. The van der Waals surface area contributed by atoms with Crippen molar-refractivity contribution in [2.24, 2.45) is 0 Å². The van der Waals surface area contributed by atoms with E-state index >= 15 is 0 Å². The smallest absolute Gasteiger partial charge is 0.799 e. The Labute approximate surface area is 178 Å². The third-order valence-electron chi connectivity index (χ3n) is 0. The van der Waals surface area contributed by atoms with E-state index < -0.39 is 20.8 Å². The van der Waals surface area contributed by atoms with Crippen molar-refractivity contribution >= 4 is 54.6 Å². The second kappa shape index (κ2) is 15.0. The van der Waals surface area contributed by atoms with Gasteiger partial charge in [-0.05, 0) is 0 Å². The Bertz CT molecular complexity index is 216. The van der Waals surface area contributed by atoms with Gasteiger partial charge in [-0.25, -0.2) is 0 Å². The molecule has 0 atom stereocenters. The van der Waals surface area contributed by atoms with Gasteiger partial charge in [-0.15, -0.1) is 0 Å². The van der Waals surface area contributed by atoms with Crippen LogP contribution >= 0.6 is 54.6 Å². The Morgan fingerprint density at radius 1 is 0.529 bits per heavy atom. The maximum absolute atomic E-state index is 8.87. The van der Waals surface area contributed by atoms with Gasteiger partial charge in [0.25, 0.3) is 0 Å². The molecule has 17 heavy (non-hydrogen) atoms. The molecule has 0 aliphatic heterocycles. The first-order chi connectivity index (χ1) is 6.00. The Hall–Kier alpha value is 4.07. The Balaban J connectivity index is -0.0000000400. The largest absolute Gasteiger partial charge is 3.00 e. The van der Waals surface area contributed by atoms with Crippen LogP contribution in [0.15, 0.2) is 0 Å². The summed E-state index contributed by atoms with van der Waals surface area (Å²) >= 11 is 11.9. The van der Waals surface area contributed by atoms with Crippen molar-refractivity contribution in [3.05, 3.63) is 0 Å². The molecule has 0 heterocycles. The summed E-state index contributed by atoms with van der Waals surface area (Å²) in [6.07, 6.45) is 0. The molecule has 0 saturated heterocycles. The van der Waals surface area contributed by atoms with Crippen molar-refractivity contribution < 1.29 is 127 Å². The van der Waals surface area contributed by atoms with Crippen molar-refractivity contribution in [3.8, 4) is 0 Å². The van der Waals surface area contributed by atoms with Gasteiger partial charge in [0.1, 0.15) is 0 Å². The van der Waals surface area contributed by atoms with Crippen molar-refractivity contribution in [1.29, 1.82) is 0 Å². The normalized spacial score (nSPS) is 10.4. The molecule has 0 spiro atoms. The molecule has 0 aromatic carbocycles. The first-order valence-corrected chi connectivity index (χ1v) is 9.49. The predicted octanol–water partition coefficient (Wildman–Crippen LogP) is -2.84. The summed E-state index contributed by atoms with van der Waals surface area (Å²) < 4.78 is 26.6. The molecule has 17 heteroatoms. The van der Waals surface area contributed by atoms with E-state index in [0.29, 0.717) is 0 Å². The molecular weight excluding hydrogens is 624 g/mol. The Morgan fingerprint density at radius 3 is 0.529 bits per heavy atom.